The van der Waals surface area contributed by atoms with Crippen molar-refractivity contribution in [3.63, 3.8) is 0 Å². The molecule has 1 aromatic heterocycles. The van der Waals surface area contributed by atoms with E-state index in [0.29, 0.717) is 11.5 Å². The highest BCUT2D eigenvalue weighted by Gasteiger charge is 2.27. The molecule has 14 heavy (non-hydrogen) atoms. The number of fused-ring (bicyclic) bond motifs is 1. The van der Waals surface area contributed by atoms with Crippen LogP contribution in [-0.2, 0) is 12.8 Å². The van der Waals surface area contributed by atoms with Crippen LogP contribution >= 0.6 is 0 Å². The zero-order valence-corrected chi connectivity index (χ0v) is 9.67. The minimum Gasteiger partial charge on any atom is -0.270 e. The maximum atomic E-state index is 4.63. The Labute approximate surface area is 86.3 Å². The van der Waals surface area contributed by atoms with Gasteiger partial charge < -0.3 is 0 Å². The minimum absolute atomic E-state index is 0.470. The first-order valence-corrected chi connectivity index (χ1v) is 5.55. The van der Waals surface area contributed by atoms with Gasteiger partial charge in [-0.05, 0) is 44.1 Å². The minimum atomic E-state index is 0.470. The van der Waals surface area contributed by atoms with E-state index in [1.165, 1.54) is 24.1 Å². The van der Waals surface area contributed by atoms with Crippen molar-refractivity contribution in [3.8, 4) is 0 Å². The lowest BCUT2D eigenvalue weighted by atomic mass is 9.77. The molecular formula is C12H20N2. The second-order valence-corrected chi connectivity index (χ2v) is 5.52. The molecule has 1 aromatic rings. The first kappa shape index (κ1) is 9.75. The molecule has 0 bridgehead atoms. The van der Waals surface area contributed by atoms with E-state index in [1.807, 2.05) is 0 Å². The molecule has 2 nitrogen and oxygen atoms in total. The maximum Gasteiger partial charge on any atom is 0.0657 e. The average molecular weight is 192 g/mol. The van der Waals surface area contributed by atoms with Crippen LogP contribution in [0.15, 0.2) is 6.20 Å². The number of hydrogen-bond donors (Lipinski definition) is 0. The van der Waals surface area contributed by atoms with Gasteiger partial charge in [0, 0.05) is 12.2 Å². The van der Waals surface area contributed by atoms with Crippen LogP contribution in [0.25, 0.3) is 0 Å². The fourth-order valence-corrected chi connectivity index (χ4v) is 2.15. The van der Waals surface area contributed by atoms with Crippen molar-refractivity contribution < 1.29 is 0 Å². The van der Waals surface area contributed by atoms with Crippen molar-refractivity contribution >= 4 is 0 Å². The van der Waals surface area contributed by atoms with Crippen molar-refractivity contribution in [2.24, 2.45) is 5.41 Å². The quantitative estimate of drug-likeness (QED) is 0.669. The fraction of sp³-hybridized carbons (Fsp3) is 0.750. The summed E-state index contributed by atoms with van der Waals surface area (Å²) in [4.78, 5) is 0. The summed E-state index contributed by atoms with van der Waals surface area (Å²) < 4.78 is 2.10. The molecule has 0 radical (unpaired) electrons. The van der Waals surface area contributed by atoms with Crippen LogP contribution in [0.3, 0.4) is 0 Å². The summed E-state index contributed by atoms with van der Waals surface area (Å²) in [5.41, 5.74) is 3.27. The first-order valence-electron chi connectivity index (χ1n) is 5.55. The van der Waals surface area contributed by atoms with Gasteiger partial charge in [0.2, 0.25) is 0 Å². The summed E-state index contributed by atoms with van der Waals surface area (Å²) in [6.45, 7) is 9.07. The lowest BCUT2D eigenvalue weighted by Gasteiger charge is -2.28. The standard InChI is InChI=1S/C12H20N2/c1-9(2)14-8-10-7-12(3,4)6-5-11(10)13-14/h8-9H,5-7H2,1-4H3. The van der Waals surface area contributed by atoms with Gasteiger partial charge in [0.15, 0.2) is 0 Å². The highest BCUT2D eigenvalue weighted by Crippen LogP contribution is 2.34. The number of rotatable bonds is 1. The predicted molar refractivity (Wildman–Crippen MR) is 58.4 cm³/mol. The van der Waals surface area contributed by atoms with Crippen molar-refractivity contribution in [2.75, 3.05) is 0 Å². The zero-order chi connectivity index (χ0) is 10.3. The molecule has 0 fully saturated rings. The zero-order valence-electron chi connectivity index (χ0n) is 9.67. The molecule has 0 spiro atoms. The third-order valence-corrected chi connectivity index (χ3v) is 3.13. The molecule has 0 aliphatic heterocycles. The summed E-state index contributed by atoms with van der Waals surface area (Å²) in [6.07, 6.45) is 5.85. The number of aryl methyl sites for hydroxylation is 1. The van der Waals surface area contributed by atoms with E-state index in [1.54, 1.807) is 0 Å². The highest BCUT2D eigenvalue weighted by atomic mass is 15.3. The Kier molecular flexibility index (Phi) is 2.17. The summed E-state index contributed by atoms with van der Waals surface area (Å²) in [7, 11) is 0. The second-order valence-electron chi connectivity index (χ2n) is 5.52. The molecular weight excluding hydrogens is 172 g/mol. The van der Waals surface area contributed by atoms with E-state index >= 15 is 0 Å². The van der Waals surface area contributed by atoms with Crippen molar-refractivity contribution in [3.05, 3.63) is 17.5 Å². The molecule has 78 valence electrons. The van der Waals surface area contributed by atoms with Crippen LogP contribution in [0, 0.1) is 5.41 Å². The van der Waals surface area contributed by atoms with Crippen molar-refractivity contribution in [2.45, 2.75) is 53.0 Å². The Morgan fingerprint density at radius 2 is 2.14 bits per heavy atom. The molecule has 0 aromatic carbocycles. The largest absolute Gasteiger partial charge is 0.270 e. The van der Waals surface area contributed by atoms with E-state index in [9.17, 15) is 0 Å². The van der Waals surface area contributed by atoms with E-state index in [-0.39, 0.29) is 0 Å². The van der Waals surface area contributed by atoms with Gasteiger partial charge in [-0.15, -0.1) is 0 Å². The predicted octanol–water partition coefficient (Wildman–Crippen LogP) is 2.98. The van der Waals surface area contributed by atoms with Crippen LogP contribution in [0.4, 0.5) is 0 Å². The van der Waals surface area contributed by atoms with E-state index in [2.05, 4.69) is 43.7 Å². The summed E-state index contributed by atoms with van der Waals surface area (Å²) in [5, 5.41) is 4.63. The maximum absolute atomic E-state index is 4.63. The van der Waals surface area contributed by atoms with Crippen LogP contribution < -0.4 is 0 Å². The smallest absolute Gasteiger partial charge is 0.0657 e. The van der Waals surface area contributed by atoms with E-state index < -0.39 is 0 Å². The van der Waals surface area contributed by atoms with Gasteiger partial charge in [-0.2, -0.15) is 5.10 Å². The summed E-state index contributed by atoms with van der Waals surface area (Å²) >= 11 is 0. The van der Waals surface area contributed by atoms with Gasteiger partial charge >= 0.3 is 0 Å². The molecule has 1 aliphatic rings. The van der Waals surface area contributed by atoms with Crippen LogP contribution in [0.2, 0.25) is 0 Å². The van der Waals surface area contributed by atoms with Crippen LogP contribution in [-0.4, -0.2) is 9.78 Å². The molecule has 0 amide bonds. The molecule has 0 saturated heterocycles. The Bertz CT molecular complexity index is 334. The molecule has 0 atom stereocenters. The number of aromatic nitrogens is 2. The van der Waals surface area contributed by atoms with Crippen LogP contribution in [0.5, 0.6) is 0 Å². The van der Waals surface area contributed by atoms with Gasteiger partial charge in [0.05, 0.1) is 5.69 Å². The summed E-state index contributed by atoms with van der Waals surface area (Å²) in [6, 6.07) is 0.490. The third-order valence-electron chi connectivity index (χ3n) is 3.13. The fourth-order valence-electron chi connectivity index (χ4n) is 2.15. The average Bonchev–Trinajstić information content (AvgIpc) is 2.45. The van der Waals surface area contributed by atoms with E-state index in [0.717, 1.165) is 6.42 Å². The van der Waals surface area contributed by atoms with Crippen molar-refractivity contribution in [1.29, 1.82) is 0 Å². The van der Waals surface area contributed by atoms with Crippen molar-refractivity contribution in [1.82, 2.24) is 9.78 Å². The lowest BCUT2D eigenvalue weighted by molar-refractivity contribution is 0.314. The highest BCUT2D eigenvalue weighted by molar-refractivity contribution is 5.22. The van der Waals surface area contributed by atoms with E-state index in [4.69, 9.17) is 0 Å². The van der Waals surface area contributed by atoms with Gasteiger partial charge in [-0.25, -0.2) is 0 Å². The topological polar surface area (TPSA) is 17.8 Å². The second kappa shape index (κ2) is 3.11. The Balaban J connectivity index is 2.30. The van der Waals surface area contributed by atoms with Gasteiger partial charge in [-0.1, -0.05) is 13.8 Å². The van der Waals surface area contributed by atoms with Gasteiger partial charge in [0.25, 0.3) is 0 Å². The SMILES string of the molecule is CC(C)n1cc2c(n1)CCC(C)(C)C2. The Morgan fingerprint density at radius 3 is 2.79 bits per heavy atom. The molecule has 1 heterocycles. The normalized spacial score (nSPS) is 19.8. The number of hydrogen-bond acceptors (Lipinski definition) is 1. The molecule has 2 rings (SSSR count). The molecule has 2 heteroatoms. The van der Waals surface area contributed by atoms with Gasteiger partial charge in [-0.3, -0.25) is 4.68 Å². The monoisotopic (exact) mass is 192 g/mol. The molecule has 1 aliphatic carbocycles. The number of nitrogens with zero attached hydrogens (tertiary/aromatic N) is 2. The third kappa shape index (κ3) is 1.70. The Morgan fingerprint density at radius 1 is 1.43 bits per heavy atom. The Hall–Kier alpha value is -0.790. The molecule has 0 N–H and O–H groups in total. The molecule has 0 unspecified atom stereocenters. The van der Waals surface area contributed by atoms with Gasteiger partial charge in [0.1, 0.15) is 0 Å². The molecule has 0 saturated carbocycles. The first-order chi connectivity index (χ1) is 6.48. The van der Waals surface area contributed by atoms with Crippen LogP contribution in [0.1, 0.15) is 51.4 Å². The summed E-state index contributed by atoms with van der Waals surface area (Å²) in [5.74, 6) is 0. The lowest BCUT2D eigenvalue weighted by Crippen LogP contribution is -2.21.